The number of anilines is 1. The average Bonchev–Trinajstić information content (AvgIpc) is 3.26. The van der Waals surface area contributed by atoms with Gasteiger partial charge in [-0.05, 0) is 12.8 Å². The Morgan fingerprint density at radius 1 is 1.25 bits per heavy atom. The number of carbonyl (C=O) groups is 1. The number of morpholine rings is 1. The summed E-state index contributed by atoms with van der Waals surface area (Å²) in [6.45, 7) is 3.20. The van der Waals surface area contributed by atoms with Crippen molar-refractivity contribution < 1.29 is 9.53 Å². The van der Waals surface area contributed by atoms with E-state index in [1.165, 1.54) is 12.8 Å². The van der Waals surface area contributed by atoms with Gasteiger partial charge in [0, 0.05) is 19.1 Å². The fourth-order valence-corrected chi connectivity index (χ4v) is 3.50. The van der Waals surface area contributed by atoms with E-state index in [0.717, 1.165) is 37.1 Å². The fraction of sp³-hybridized carbons (Fsp3) is 0.625. The third-order valence-electron chi connectivity index (χ3n) is 4.74. The molecule has 2 aromatic rings. The van der Waals surface area contributed by atoms with Gasteiger partial charge in [0.2, 0.25) is 5.91 Å². The van der Waals surface area contributed by atoms with Crippen molar-refractivity contribution in [2.75, 3.05) is 31.2 Å². The smallest absolute Gasteiger partial charge is 0.242 e. The van der Waals surface area contributed by atoms with E-state index in [1.54, 1.807) is 17.2 Å². The van der Waals surface area contributed by atoms with E-state index < -0.39 is 0 Å². The summed E-state index contributed by atoms with van der Waals surface area (Å²) in [5, 5.41) is 8.33. The molecule has 0 unspecified atom stereocenters. The Labute approximate surface area is 140 Å². The number of rotatable bonds is 4. The molecule has 1 amide bonds. The number of aromatic nitrogens is 4. The zero-order valence-corrected chi connectivity index (χ0v) is 13.6. The van der Waals surface area contributed by atoms with Gasteiger partial charge in [0.15, 0.2) is 5.65 Å². The van der Waals surface area contributed by atoms with Gasteiger partial charge in [-0.25, -0.2) is 14.6 Å². The molecule has 1 aliphatic carbocycles. The first-order valence-electron chi connectivity index (χ1n) is 8.60. The van der Waals surface area contributed by atoms with E-state index in [-0.39, 0.29) is 12.5 Å². The minimum absolute atomic E-state index is 0.00145. The highest BCUT2D eigenvalue weighted by atomic mass is 16.5. The number of ether oxygens (including phenoxy) is 1. The molecule has 128 valence electrons. The predicted octanol–water partition coefficient (Wildman–Crippen LogP) is 0.722. The molecule has 3 heterocycles. The average molecular weight is 330 g/mol. The molecule has 24 heavy (non-hydrogen) atoms. The van der Waals surface area contributed by atoms with Crippen molar-refractivity contribution in [3.63, 3.8) is 0 Å². The van der Waals surface area contributed by atoms with Crippen LogP contribution in [-0.2, 0) is 16.1 Å². The lowest BCUT2D eigenvalue weighted by atomic mass is 10.2. The van der Waals surface area contributed by atoms with Gasteiger partial charge in [0.1, 0.15) is 18.7 Å². The minimum Gasteiger partial charge on any atom is -0.378 e. The summed E-state index contributed by atoms with van der Waals surface area (Å²) in [5.41, 5.74) is 0.702. The Kier molecular flexibility index (Phi) is 4.29. The van der Waals surface area contributed by atoms with E-state index in [9.17, 15) is 4.79 Å². The Balaban J connectivity index is 1.52. The number of nitrogens with zero attached hydrogens (tertiary/aromatic N) is 5. The second-order valence-corrected chi connectivity index (χ2v) is 6.39. The summed E-state index contributed by atoms with van der Waals surface area (Å²) in [6.07, 6.45) is 7.85. The van der Waals surface area contributed by atoms with Gasteiger partial charge in [-0.15, -0.1) is 0 Å². The third-order valence-corrected chi connectivity index (χ3v) is 4.74. The zero-order valence-electron chi connectivity index (χ0n) is 13.6. The summed E-state index contributed by atoms with van der Waals surface area (Å²) in [5.74, 6) is 0.865. The van der Waals surface area contributed by atoms with Crippen LogP contribution in [-0.4, -0.2) is 58.0 Å². The molecule has 0 bridgehead atoms. The molecule has 2 aromatic heterocycles. The zero-order chi connectivity index (χ0) is 16.4. The van der Waals surface area contributed by atoms with Gasteiger partial charge in [0.25, 0.3) is 0 Å². The highest BCUT2D eigenvalue weighted by Crippen LogP contribution is 2.23. The molecule has 0 atom stereocenters. The molecule has 1 saturated heterocycles. The summed E-state index contributed by atoms with van der Waals surface area (Å²) in [4.78, 5) is 23.2. The topological polar surface area (TPSA) is 85.2 Å². The van der Waals surface area contributed by atoms with Crippen LogP contribution in [0, 0.1) is 0 Å². The maximum Gasteiger partial charge on any atom is 0.242 e. The molecular weight excluding hydrogens is 308 g/mol. The Hall–Kier alpha value is -2.22. The number of hydrogen-bond donors (Lipinski definition) is 1. The maximum absolute atomic E-state index is 12.3. The van der Waals surface area contributed by atoms with E-state index in [4.69, 9.17) is 4.74 Å². The Morgan fingerprint density at radius 2 is 2.04 bits per heavy atom. The molecular formula is C16H22N6O2. The van der Waals surface area contributed by atoms with Crippen LogP contribution < -0.4 is 10.2 Å². The molecule has 2 aliphatic rings. The number of carbonyl (C=O) groups excluding carboxylic acids is 1. The van der Waals surface area contributed by atoms with Crippen LogP contribution in [0.4, 0.5) is 5.82 Å². The first-order chi connectivity index (χ1) is 11.8. The number of fused-ring (bicyclic) bond motifs is 1. The molecule has 1 aliphatic heterocycles. The highest BCUT2D eigenvalue weighted by Gasteiger charge is 2.20. The molecule has 0 radical (unpaired) electrons. The standard InChI is InChI=1S/C16H22N6O2/c23-14(20-12-3-1-2-4-12)10-22-16-13(9-19-22)15(17-11-18-16)21-5-7-24-8-6-21/h9,11-12H,1-8,10H2,(H,20,23). The van der Waals surface area contributed by atoms with Gasteiger partial charge >= 0.3 is 0 Å². The SMILES string of the molecule is O=C(Cn1ncc2c(N3CCOCC3)ncnc21)NC1CCCC1. The van der Waals surface area contributed by atoms with Gasteiger partial charge in [-0.3, -0.25) is 4.79 Å². The number of nitrogens with one attached hydrogen (secondary N) is 1. The summed E-state index contributed by atoms with van der Waals surface area (Å²) >= 11 is 0. The highest BCUT2D eigenvalue weighted by molar-refractivity contribution is 5.88. The number of amides is 1. The van der Waals surface area contributed by atoms with Crippen molar-refractivity contribution in [2.24, 2.45) is 0 Å². The Morgan fingerprint density at radius 3 is 2.83 bits per heavy atom. The Bertz CT molecular complexity index is 718. The van der Waals surface area contributed by atoms with Crippen LogP contribution in [0.2, 0.25) is 0 Å². The summed E-state index contributed by atoms with van der Waals surface area (Å²) in [7, 11) is 0. The van der Waals surface area contributed by atoms with E-state index >= 15 is 0 Å². The van der Waals surface area contributed by atoms with Crippen molar-refractivity contribution in [1.82, 2.24) is 25.1 Å². The normalized spacial score (nSPS) is 19.1. The lowest BCUT2D eigenvalue weighted by Crippen LogP contribution is -2.37. The van der Waals surface area contributed by atoms with E-state index in [1.807, 2.05) is 0 Å². The quantitative estimate of drug-likeness (QED) is 0.889. The molecule has 2 fully saturated rings. The van der Waals surface area contributed by atoms with Crippen molar-refractivity contribution >= 4 is 22.8 Å². The number of hydrogen-bond acceptors (Lipinski definition) is 6. The molecule has 8 heteroatoms. The van der Waals surface area contributed by atoms with E-state index in [0.29, 0.717) is 24.9 Å². The molecule has 0 aromatic carbocycles. The van der Waals surface area contributed by atoms with Crippen LogP contribution in [0.15, 0.2) is 12.5 Å². The molecule has 1 N–H and O–H groups in total. The maximum atomic E-state index is 12.3. The molecule has 1 saturated carbocycles. The third kappa shape index (κ3) is 3.06. The molecule has 4 rings (SSSR count). The monoisotopic (exact) mass is 330 g/mol. The van der Waals surface area contributed by atoms with Gasteiger partial charge in [0.05, 0.1) is 24.8 Å². The van der Waals surface area contributed by atoms with Gasteiger partial charge < -0.3 is 15.0 Å². The lowest BCUT2D eigenvalue weighted by molar-refractivity contribution is -0.122. The minimum atomic E-state index is -0.00145. The van der Waals surface area contributed by atoms with Crippen molar-refractivity contribution in [3.05, 3.63) is 12.5 Å². The van der Waals surface area contributed by atoms with Gasteiger partial charge in [-0.1, -0.05) is 12.8 Å². The largest absolute Gasteiger partial charge is 0.378 e. The summed E-state index contributed by atoms with van der Waals surface area (Å²) in [6, 6.07) is 0.317. The predicted molar refractivity (Wildman–Crippen MR) is 88.8 cm³/mol. The second-order valence-electron chi connectivity index (χ2n) is 6.39. The molecule has 0 spiro atoms. The molecule has 8 nitrogen and oxygen atoms in total. The van der Waals surface area contributed by atoms with Crippen molar-refractivity contribution in [3.8, 4) is 0 Å². The van der Waals surface area contributed by atoms with Crippen LogP contribution in [0.25, 0.3) is 11.0 Å². The van der Waals surface area contributed by atoms with Gasteiger partial charge in [-0.2, -0.15) is 5.10 Å². The van der Waals surface area contributed by atoms with Crippen LogP contribution in [0.5, 0.6) is 0 Å². The lowest BCUT2D eigenvalue weighted by Gasteiger charge is -2.27. The van der Waals surface area contributed by atoms with Crippen LogP contribution >= 0.6 is 0 Å². The first-order valence-corrected chi connectivity index (χ1v) is 8.60. The summed E-state index contributed by atoms with van der Waals surface area (Å²) < 4.78 is 7.05. The second kappa shape index (κ2) is 6.72. The van der Waals surface area contributed by atoms with Crippen LogP contribution in [0.3, 0.4) is 0 Å². The van der Waals surface area contributed by atoms with E-state index in [2.05, 4.69) is 25.3 Å². The first kappa shape index (κ1) is 15.3. The fourth-order valence-electron chi connectivity index (χ4n) is 3.50. The van der Waals surface area contributed by atoms with Crippen molar-refractivity contribution in [1.29, 1.82) is 0 Å². The van der Waals surface area contributed by atoms with Crippen LogP contribution in [0.1, 0.15) is 25.7 Å². The van der Waals surface area contributed by atoms with Crippen molar-refractivity contribution in [2.45, 2.75) is 38.3 Å².